The highest BCUT2D eigenvalue weighted by atomic mass is 16.5. The van der Waals surface area contributed by atoms with Gasteiger partial charge < -0.3 is 16.2 Å². The summed E-state index contributed by atoms with van der Waals surface area (Å²) in [5.74, 6) is 0.752. The number of ether oxygens (including phenoxy) is 1. The summed E-state index contributed by atoms with van der Waals surface area (Å²) in [6.07, 6.45) is 1.61. The van der Waals surface area contributed by atoms with Crippen molar-refractivity contribution in [3.63, 3.8) is 0 Å². The number of guanidine groups is 1. The van der Waals surface area contributed by atoms with Crippen LogP contribution < -0.4 is 16.2 Å². The Kier molecular flexibility index (Phi) is 4.93. The second-order valence-electron chi connectivity index (χ2n) is 4.56. The fraction of sp³-hybridized carbons (Fsp3) is 0.125. The summed E-state index contributed by atoms with van der Waals surface area (Å²) in [4.78, 5) is 0. The van der Waals surface area contributed by atoms with Crippen molar-refractivity contribution in [2.45, 2.75) is 13.5 Å². The minimum absolute atomic E-state index is 0.0632. The summed E-state index contributed by atoms with van der Waals surface area (Å²) in [5, 5.41) is 7.37. The minimum atomic E-state index is -0.0632. The van der Waals surface area contributed by atoms with Crippen LogP contribution >= 0.6 is 0 Å². The molecule has 0 spiro atoms. The number of rotatable bonds is 5. The van der Waals surface area contributed by atoms with Gasteiger partial charge in [-0.3, -0.25) is 0 Å². The lowest BCUT2D eigenvalue weighted by Gasteiger charge is -2.08. The van der Waals surface area contributed by atoms with Crippen LogP contribution in [0.3, 0.4) is 0 Å². The van der Waals surface area contributed by atoms with Gasteiger partial charge in [-0.25, -0.2) is 0 Å². The van der Waals surface area contributed by atoms with E-state index in [4.69, 9.17) is 16.2 Å². The zero-order valence-electron chi connectivity index (χ0n) is 11.9. The molecule has 108 valence electrons. The monoisotopic (exact) mass is 282 g/mol. The third-order valence-corrected chi connectivity index (χ3v) is 2.86. The van der Waals surface area contributed by atoms with Gasteiger partial charge in [-0.05, 0) is 41.8 Å². The Morgan fingerprint density at radius 1 is 1.14 bits per heavy atom. The fourth-order valence-electron chi connectivity index (χ4n) is 1.78. The summed E-state index contributed by atoms with van der Waals surface area (Å²) in [5.41, 5.74) is 13.5. The summed E-state index contributed by atoms with van der Waals surface area (Å²) in [6.45, 7) is 2.52. The van der Waals surface area contributed by atoms with Crippen molar-refractivity contribution in [3.8, 4) is 5.75 Å². The Morgan fingerprint density at radius 3 is 2.57 bits per heavy atom. The third-order valence-electron chi connectivity index (χ3n) is 2.86. The van der Waals surface area contributed by atoms with Gasteiger partial charge in [0.15, 0.2) is 0 Å². The Balaban J connectivity index is 2.02. The molecule has 0 radical (unpaired) electrons. The largest absolute Gasteiger partial charge is 0.489 e. The van der Waals surface area contributed by atoms with Crippen LogP contribution in [-0.2, 0) is 6.61 Å². The molecule has 0 aromatic heterocycles. The zero-order chi connectivity index (χ0) is 15.1. The van der Waals surface area contributed by atoms with Crippen molar-refractivity contribution in [1.29, 1.82) is 0 Å². The minimum Gasteiger partial charge on any atom is -0.489 e. The Labute approximate surface area is 124 Å². The number of hydrogen-bond acceptors (Lipinski definition) is 3. The first-order valence-corrected chi connectivity index (χ1v) is 6.54. The van der Waals surface area contributed by atoms with Gasteiger partial charge in [0.1, 0.15) is 12.4 Å². The van der Waals surface area contributed by atoms with E-state index >= 15 is 0 Å². The molecule has 0 fully saturated rings. The lowest BCUT2D eigenvalue weighted by atomic mass is 10.1. The van der Waals surface area contributed by atoms with Crippen molar-refractivity contribution in [2.24, 2.45) is 21.7 Å². The van der Waals surface area contributed by atoms with Gasteiger partial charge in [-0.2, -0.15) is 5.10 Å². The first kappa shape index (κ1) is 14.6. The topological polar surface area (TPSA) is 86.0 Å². The molecule has 5 nitrogen and oxygen atoms in total. The maximum Gasteiger partial charge on any atom is 0.211 e. The number of hydrogen-bond donors (Lipinski definition) is 2. The first-order chi connectivity index (χ1) is 10.1. The van der Waals surface area contributed by atoms with Gasteiger partial charge in [-0.1, -0.05) is 30.3 Å². The maximum absolute atomic E-state index is 5.76. The van der Waals surface area contributed by atoms with Gasteiger partial charge in [-0.15, -0.1) is 5.10 Å². The van der Waals surface area contributed by atoms with Crippen LogP contribution in [0, 0.1) is 6.92 Å². The van der Waals surface area contributed by atoms with Crippen LogP contribution in [-0.4, -0.2) is 12.2 Å². The molecule has 0 atom stereocenters. The predicted octanol–water partition coefficient (Wildman–Crippen LogP) is 2.18. The summed E-state index contributed by atoms with van der Waals surface area (Å²) in [7, 11) is 0. The number of nitrogens with zero attached hydrogens (tertiary/aromatic N) is 2. The zero-order valence-corrected chi connectivity index (χ0v) is 11.9. The molecule has 2 rings (SSSR count). The first-order valence-electron chi connectivity index (χ1n) is 6.54. The molecular formula is C16H18N4O. The molecule has 0 amide bonds. The van der Waals surface area contributed by atoms with E-state index < -0.39 is 0 Å². The summed E-state index contributed by atoms with van der Waals surface area (Å²) in [6, 6.07) is 15.8. The smallest absolute Gasteiger partial charge is 0.211 e. The van der Waals surface area contributed by atoms with Gasteiger partial charge >= 0.3 is 0 Å². The molecule has 4 N–H and O–H groups in total. The Hall–Kier alpha value is -2.82. The third kappa shape index (κ3) is 4.65. The van der Waals surface area contributed by atoms with E-state index in [1.165, 1.54) is 0 Å². The SMILES string of the molecule is Cc1cc(OCc2ccccc2)ccc1C=NN=C(N)N. The van der Waals surface area contributed by atoms with E-state index in [2.05, 4.69) is 10.2 Å². The molecule has 0 saturated carbocycles. The molecule has 2 aromatic carbocycles. The van der Waals surface area contributed by atoms with Crippen molar-refractivity contribution in [2.75, 3.05) is 0 Å². The van der Waals surface area contributed by atoms with E-state index in [0.717, 1.165) is 22.4 Å². The maximum atomic E-state index is 5.76. The van der Waals surface area contributed by atoms with E-state index in [1.54, 1.807) is 6.21 Å². The van der Waals surface area contributed by atoms with Gasteiger partial charge in [0.05, 0.1) is 6.21 Å². The Bertz CT molecular complexity index is 647. The van der Waals surface area contributed by atoms with Crippen molar-refractivity contribution < 1.29 is 4.74 Å². The van der Waals surface area contributed by atoms with Crippen molar-refractivity contribution >= 4 is 12.2 Å². The second-order valence-corrected chi connectivity index (χ2v) is 4.56. The van der Waals surface area contributed by atoms with Crippen LogP contribution in [0.15, 0.2) is 58.7 Å². The van der Waals surface area contributed by atoms with Crippen LogP contribution in [0.2, 0.25) is 0 Å². The molecule has 0 saturated heterocycles. The van der Waals surface area contributed by atoms with E-state index in [0.29, 0.717) is 6.61 Å². The number of nitrogens with two attached hydrogens (primary N) is 2. The molecular weight excluding hydrogens is 264 g/mol. The van der Waals surface area contributed by atoms with Gasteiger partial charge in [0.25, 0.3) is 0 Å². The molecule has 5 heteroatoms. The van der Waals surface area contributed by atoms with Gasteiger partial charge in [0.2, 0.25) is 5.96 Å². The average Bonchev–Trinajstić information content (AvgIpc) is 2.48. The average molecular weight is 282 g/mol. The molecule has 0 bridgehead atoms. The lowest BCUT2D eigenvalue weighted by Crippen LogP contribution is -2.21. The second kappa shape index (κ2) is 7.09. The summed E-state index contributed by atoms with van der Waals surface area (Å²) < 4.78 is 5.76. The van der Waals surface area contributed by atoms with Gasteiger partial charge in [0, 0.05) is 0 Å². The number of benzene rings is 2. The normalized spacial score (nSPS) is 10.5. The standard InChI is InChI=1S/C16H18N4O/c1-12-9-15(21-11-13-5-3-2-4-6-13)8-7-14(12)10-19-20-16(17)18/h2-10H,11H2,1H3,(H4,17,18,20). The molecule has 0 aliphatic heterocycles. The van der Waals surface area contributed by atoms with Crippen LogP contribution in [0.25, 0.3) is 0 Å². The van der Waals surface area contributed by atoms with Crippen molar-refractivity contribution in [1.82, 2.24) is 0 Å². The lowest BCUT2D eigenvalue weighted by molar-refractivity contribution is 0.306. The highest BCUT2D eigenvalue weighted by Gasteiger charge is 2.00. The predicted molar refractivity (Wildman–Crippen MR) is 85.4 cm³/mol. The quantitative estimate of drug-likeness (QED) is 0.500. The molecule has 0 aliphatic rings. The van der Waals surface area contributed by atoms with Crippen LogP contribution in [0.1, 0.15) is 16.7 Å². The van der Waals surface area contributed by atoms with Crippen molar-refractivity contribution in [3.05, 3.63) is 65.2 Å². The van der Waals surface area contributed by atoms with E-state index in [9.17, 15) is 0 Å². The van der Waals surface area contributed by atoms with Crippen LogP contribution in [0.4, 0.5) is 0 Å². The highest BCUT2D eigenvalue weighted by Crippen LogP contribution is 2.17. The molecule has 0 aliphatic carbocycles. The summed E-state index contributed by atoms with van der Waals surface area (Å²) >= 11 is 0. The molecule has 21 heavy (non-hydrogen) atoms. The molecule has 2 aromatic rings. The highest BCUT2D eigenvalue weighted by molar-refractivity contribution is 5.83. The Morgan fingerprint density at radius 2 is 1.90 bits per heavy atom. The van der Waals surface area contributed by atoms with E-state index in [1.807, 2.05) is 55.5 Å². The number of aryl methyl sites for hydroxylation is 1. The fourth-order valence-corrected chi connectivity index (χ4v) is 1.78. The van der Waals surface area contributed by atoms with Crippen LogP contribution in [0.5, 0.6) is 5.75 Å². The molecule has 0 unspecified atom stereocenters. The molecule has 0 heterocycles. The van der Waals surface area contributed by atoms with E-state index in [-0.39, 0.29) is 5.96 Å².